The van der Waals surface area contributed by atoms with Crippen molar-refractivity contribution < 1.29 is 54.6 Å². The normalized spacial score (nSPS) is 15.8. The van der Waals surface area contributed by atoms with E-state index in [2.05, 4.69) is 16.4 Å². The number of nitrogens with one attached hydrogen (secondary N) is 1. The Bertz CT molecular complexity index is 1820. The summed E-state index contributed by atoms with van der Waals surface area (Å²) in [6.45, 7) is 12.1. The van der Waals surface area contributed by atoms with Gasteiger partial charge >= 0.3 is 24.5 Å². The third kappa shape index (κ3) is 13.3. The number of hydrazine groups is 1. The van der Waals surface area contributed by atoms with E-state index >= 15 is 0 Å². The summed E-state index contributed by atoms with van der Waals surface area (Å²) in [7, 11) is 3.19. The van der Waals surface area contributed by atoms with Gasteiger partial charge in [-0.3, -0.25) is 20.7 Å². The number of carbonyl (C=O) groups is 3. The number of nitrogens with zero attached hydrogens (tertiary/aromatic N) is 4. The third-order valence-electron chi connectivity index (χ3n) is 8.82. The first kappa shape index (κ1) is 48.7. The number of halogens is 7. The average Bonchev–Trinajstić information content (AvgIpc) is 3.42. The topological polar surface area (TPSA) is 132 Å². The number of amides is 2. The first-order valence-electron chi connectivity index (χ1n) is 18.0. The van der Waals surface area contributed by atoms with Gasteiger partial charge in [0, 0.05) is 50.4 Å². The van der Waals surface area contributed by atoms with Crippen molar-refractivity contribution in [3.8, 4) is 0 Å². The molecule has 2 aliphatic heterocycles. The fourth-order valence-electron chi connectivity index (χ4n) is 6.37. The molecule has 0 aliphatic carbocycles. The number of Topliss-reactive ketones (excluding diaryl/α,β-unsaturated/α-hetero) is 1. The predicted molar refractivity (Wildman–Crippen MR) is 202 cm³/mol. The number of hydrogen-bond donors (Lipinski definition) is 2. The van der Waals surface area contributed by atoms with Gasteiger partial charge in [0.25, 0.3) is 0 Å². The molecule has 0 radical (unpaired) electrons. The number of fused-ring (bicyclic) bond motifs is 1. The number of nitrogens with two attached hydrogens (primary N) is 1. The summed E-state index contributed by atoms with van der Waals surface area (Å²) >= 11 is 0. The lowest BCUT2D eigenvalue weighted by atomic mass is 9.88. The standard InChI is InChI=1S/C19H24F3N3O2.C18H21F4NO3.CH6N2.CH4/c1-18(2,3)27-17(26)25-10-8-12(9-11-25)15-13-6-5-7-14(19(20,21)22)16(13)24(4)23-15;1-17(2,3)26-16(25)23-9-7-11(8-10-23)15(24)12-5-4-6-13(14(12)19)18(20,21)22;1-3-2;/h5-7,12H,8-11H2,1-4H3;4-6,11H,7-10H2,1-3H3;3H,2H2,1H3;1H4. The van der Waals surface area contributed by atoms with Crippen LogP contribution in [0.25, 0.3) is 10.9 Å². The highest BCUT2D eigenvalue weighted by molar-refractivity contribution is 5.98. The molecule has 0 bridgehead atoms. The van der Waals surface area contributed by atoms with Crippen molar-refractivity contribution in [3.05, 3.63) is 64.6 Å². The fourth-order valence-corrected chi connectivity index (χ4v) is 6.37. The lowest BCUT2D eigenvalue weighted by Crippen LogP contribution is -2.43. The summed E-state index contributed by atoms with van der Waals surface area (Å²) in [4.78, 5) is 39.7. The molecule has 2 aliphatic rings. The predicted octanol–water partition coefficient (Wildman–Crippen LogP) is 9.10. The maximum atomic E-state index is 14.1. The third-order valence-corrected chi connectivity index (χ3v) is 8.82. The van der Waals surface area contributed by atoms with E-state index in [1.54, 1.807) is 38.8 Å². The van der Waals surface area contributed by atoms with Crippen molar-refractivity contribution in [2.24, 2.45) is 18.8 Å². The molecule has 0 saturated carbocycles. The largest absolute Gasteiger partial charge is 0.444 e. The molecule has 3 aromatic rings. The minimum atomic E-state index is -4.86. The van der Waals surface area contributed by atoms with Crippen LogP contribution in [-0.2, 0) is 28.9 Å². The summed E-state index contributed by atoms with van der Waals surface area (Å²) < 4.78 is 104. The zero-order valence-electron chi connectivity index (χ0n) is 32.8. The number of ketones is 1. The van der Waals surface area contributed by atoms with Gasteiger partial charge < -0.3 is 19.3 Å². The van der Waals surface area contributed by atoms with Gasteiger partial charge in [-0.15, -0.1) is 0 Å². The van der Waals surface area contributed by atoms with Crippen LogP contribution in [0.3, 0.4) is 0 Å². The molecule has 18 heteroatoms. The van der Waals surface area contributed by atoms with Crippen molar-refractivity contribution in [1.29, 1.82) is 0 Å². The highest BCUT2D eigenvalue weighted by Gasteiger charge is 2.38. The smallest absolute Gasteiger partial charge is 0.419 e. The molecule has 1 aromatic heterocycles. The van der Waals surface area contributed by atoms with Crippen LogP contribution < -0.4 is 11.3 Å². The Hall–Kier alpha value is -4.45. The summed E-state index contributed by atoms with van der Waals surface area (Å²) in [5, 5.41) is 4.93. The molecule has 57 heavy (non-hydrogen) atoms. The number of hydrogen-bond acceptors (Lipinski definition) is 8. The lowest BCUT2D eigenvalue weighted by molar-refractivity contribution is -0.140. The molecule has 3 heterocycles. The van der Waals surface area contributed by atoms with E-state index in [0.29, 0.717) is 43.1 Å². The monoisotopic (exact) mass is 820 g/mol. The molecule has 2 aromatic carbocycles. The summed E-state index contributed by atoms with van der Waals surface area (Å²) in [5.74, 6) is 1.76. The van der Waals surface area contributed by atoms with Gasteiger partial charge in [-0.25, -0.2) is 14.0 Å². The number of ether oxygens (including phenoxy) is 2. The molecular weight excluding hydrogens is 765 g/mol. The second-order valence-electron chi connectivity index (χ2n) is 15.5. The second-order valence-corrected chi connectivity index (χ2v) is 15.5. The van der Waals surface area contributed by atoms with Crippen LogP contribution in [0.2, 0.25) is 0 Å². The Balaban J connectivity index is 0.000000362. The van der Waals surface area contributed by atoms with Crippen molar-refractivity contribution in [2.75, 3.05) is 33.2 Å². The Labute approximate surface area is 329 Å². The highest BCUT2D eigenvalue weighted by Crippen LogP contribution is 2.39. The van der Waals surface area contributed by atoms with Crippen molar-refractivity contribution in [2.45, 2.75) is 104 Å². The number of rotatable bonds is 3. The van der Waals surface area contributed by atoms with Crippen LogP contribution in [-0.4, -0.2) is 82.0 Å². The summed E-state index contributed by atoms with van der Waals surface area (Å²) in [6, 6.07) is 6.89. The first-order chi connectivity index (χ1) is 25.8. The Morgan fingerprint density at radius 1 is 0.754 bits per heavy atom. The van der Waals surface area contributed by atoms with Gasteiger partial charge in [-0.1, -0.05) is 25.6 Å². The van der Waals surface area contributed by atoms with Gasteiger partial charge in [0.2, 0.25) is 0 Å². The summed E-state index contributed by atoms with van der Waals surface area (Å²) in [6.07, 6.45) is -8.38. The Kier molecular flexibility index (Phi) is 16.5. The van der Waals surface area contributed by atoms with Gasteiger partial charge in [-0.2, -0.15) is 31.4 Å². The zero-order chi connectivity index (χ0) is 42.4. The van der Waals surface area contributed by atoms with Gasteiger partial charge in [-0.05, 0) is 92.5 Å². The van der Waals surface area contributed by atoms with E-state index in [1.807, 2.05) is 20.8 Å². The van der Waals surface area contributed by atoms with Crippen molar-refractivity contribution >= 4 is 28.9 Å². The van der Waals surface area contributed by atoms with E-state index in [-0.39, 0.29) is 50.9 Å². The van der Waals surface area contributed by atoms with Crippen LogP contribution in [0.5, 0.6) is 0 Å². The van der Waals surface area contributed by atoms with Gasteiger partial charge in [0.15, 0.2) is 5.78 Å². The maximum absolute atomic E-state index is 14.1. The quantitative estimate of drug-likeness (QED) is 0.116. The van der Waals surface area contributed by atoms with Crippen molar-refractivity contribution in [1.82, 2.24) is 25.0 Å². The van der Waals surface area contributed by atoms with Gasteiger partial charge in [0.1, 0.15) is 17.0 Å². The van der Waals surface area contributed by atoms with Crippen LogP contribution >= 0.6 is 0 Å². The molecule has 11 nitrogen and oxygen atoms in total. The summed E-state index contributed by atoms with van der Waals surface area (Å²) in [5.41, 5.74) is -0.862. The van der Waals surface area contributed by atoms with E-state index in [9.17, 15) is 45.1 Å². The fraction of sp³-hybridized carbons (Fsp3) is 0.590. The second kappa shape index (κ2) is 19.3. The number of alkyl halides is 6. The maximum Gasteiger partial charge on any atom is 0.419 e. The average molecular weight is 821 g/mol. The van der Waals surface area contributed by atoms with Gasteiger partial charge in [0.05, 0.1) is 27.9 Å². The molecule has 320 valence electrons. The lowest BCUT2D eigenvalue weighted by Gasteiger charge is -2.33. The molecule has 3 N–H and O–H groups in total. The molecule has 0 atom stereocenters. The molecular formula is C39H55F7N6O5. The van der Waals surface area contributed by atoms with E-state index < -0.39 is 63.9 Å². The van der Waals surface area contributed by atoms with Crippen molar-refractivity contribution in [3.63, 3.8) is 0 Å². The molecule has 0 unspecified atom stereocenters. The van der Waals surface area contributed by atoms with Crippen LogP contribution in [0.1, 0.15) is 108 Å². The van der Waals surface area contributed by atoms with E-state index in [0.717, 1.165) is 18.2 Å². The Morgan fingerprint density at radius 2 is 1.18 bits per heavy atom. The van der Waals surface area contributed by atoms with Crippen LogP contribution in [0.4, 0.5) is 40.3 Å². The van der Waals surface area contributed by atoms with Crippen LogP contribution in [0, 0.1) is 11.7 Å². The molecule has 2 fully saturated rings. The minimum Gasteiger partial charge on any atom is -0.444 e. The number of aryl methyl sites for hydroxylation is 1. The molecule has 2 saturated heterocycles. The zero-order valence-corrected chi connectivity index (χ0v) is 32.8. The number of likely N-dealkylation sites (tertiary alicyclic amines) is 2. The number of carbonyl (C=O) groups excluding carboxylic acids is 3. The van der Waals surface area contributed by atoms with Crippen LogP contribution in [0.15, 0.2) is 36.4 Å². The van der Waals surface area contributed by atoms with E-state index in [1.165, 1.54) is 22.7 Å². The Morgan fingerprint density at radius 3 is 1.61 bits per heavy atom. The number of benzene rings is 2. The number of para-hydroxylation sites is 1. The molecule has 5 rings (SSSR count). The molecule has 2 amide bonds. The minimum absolute atomic E-state index is 0. The first-order valence-corrected chi connectivity index (χ1v) is 18.0. The highest BCUT2D eigenvalue weighted by atomic mass is 19.4. The van der Waals surface area contributed by atoms with E-state index in [4.69, 9.17) is 9.47 Å². The molecule has 0 spiro atoms. The number of piperidine rings is 2. The number of aromatic nitrogens is 2. The SMILES string of the molecule is C.CC(C)(C)OC(=O)N1CCC(C(=O)c2cccc(C(F)(F)F)c2F)CC1.CNN.Cn1nc(C2CCN(C(=O)OC(C)(C)C)CC2)c2cccc(C(F)(F)F)c21.